The lowest BCUT2D eigenvalue weighted by atomic mass is 9.95. The van der Waals surface area contributed by atoms with Gasteiger partial charge in [0.15, 0.2) is 0 Å². The van der Waals surface area contributed by atoms with Crippen LogP contribution in [0.3, 0.4) is 0 Å². The van der Waals surface area contributed by atoms with E-state index in [1.807, 2.05) is 31.2 Å². The highest BCUT2D eigenvalue weighted by Crippen LogP contribution is 2.38. The minimum atomic E-state index is -0.962. The number of carboxylic acid groups (broad SMARTS) is 1. The van der Waals surface area contributed by atoms with Crippen LogP contribution in [0.1, 0.15) is 46.1 Å². The zero-order valence-electron chi connectivity index (χ0n) is 14.1. The zero-order chi connectivity index (χ0) is 17.8. The van der Waals surface area contributed by atoms with Gasteiger partial charge in [-0.1, -0.05) is 12.1 Å². The van der Waals surface area contributed by atoms with Gasteiger partial charge in [-0.25, -0.2) is 4.79 Å². The van der Waals surface area contributed by atoms with Gasteiger partial charge in [0, 0.05) is 4.88 Å². The van der Waals surface area contributed by atoms with Crippen LogP contribution in [0.4, 0.5) is 5.00 Å². The van der Waals surface area contributed by atoms with Gasteiger partial charge in [-0.2, -0.15) is 0 Å². The second-order valence-electron chi connectivity index (χ2n) is 6.02. The molecule has 5 nitrogen and oxygen atoms in total. The highest BCUT2D eigenvalue weighted by Gasteiger charge is 2.25. The summed E-state index contributed by atoms with van der Waals surface area (Å²) in [6, 6.07) is 7.36. The van der Waals surface area contributed by atoms with Gasteiger partial charge in [0.1, 0.15) is 10.8 Å². The molecule has 0 atom stereocenters. The van der Waals surface area contributed by atoms with E-state index in [1.165, 1.54) is 11.3 Å². The molecule has 2 N–H and O–H groups in total. The molecule has 1 amide bonds. The van der Waals surface area contributed by atoms with Gasteiger partial charge in [-0.05, 0) is 55.9 Å². The van der Waals surface area contributed by atoms with Crippen molar-refractivity contribution in [2.45, 2.75) is 39.0 Å². The number of fused-ring (bicyclic) bond motifs is 1. The predicted molar refractivity (Wildman–Crippen MR) is 97.9 cm³/mol. The molecule has 6 heteroatoms. The SMILES string of the molecule is CCOc1ccc(CC(=O)Nc2sc3c(c2C(=O)O)CCCC3)cc1. The molecule has 0 bridgehead atoms. The molecular formula is C19H21NO4S. The van der Waals surface area contributed by atoms with Gasteiger partial charge in [-0.3, -0.25) is 4.79 Å². The molecule has 1 heterocycles. The number of anilines is 1. The van der Waals surface area contributed by atoms with Crippen LogP contribution in [0.15, 0.2) is 24.3 Å². The Morgan fingerprint density at radius 2 is 1.92 bits per heavy atom. The van der Waals surface area contributed by atoms with Crippen LogP contribution in [0.5, 0.6) is 5.75 Å². The Morgan fingerprint density at radius 1 is 1.20 bits per heavy atom. The maximum absolute atomic E-state index is 12.4. The Hall–Kier alpha value is -2.34. The number of hydrogen-bond acceptors (Lipinski definition) is 4. The average Bonchev–Trinajstić information content (AvgIpc) is 2.94. The van der Waals surface area contributed by atoms with Crippen LogP contribution in [-0.4, -0.2) is 23.6 Å². The van der Waals surface area contributed by atoms with Crippen LogP contribution in [0, 0.1) is 0 Å². The van der Waals surface area contributed by atoms with Gasteiger partial charge in [0.2, 0.25) is 5.91 Å². The Morgan fingerprint density at radius 3 is 2.60 bits per heavy atom. The summed E-state index contributed by atoms with van der Waals surface area (Å²) in [5.41, 5.74) is 2.04. The lowest BCUT2D eigenvalue weighted by Crippen LogP contribution is -2.16. The second-order valence-corrected chi connectivity index (χ2v) is 7.13. The molecule has 1 aliphatic carbocycles. The Balaban J connectivity index is 1.72. The zero-order valence-corrected chi connectivity index (χ0v) is 14.9. The highest BCUT2D eigenvalue weighted by molar-refractivity contribution is 7.17. The van der Waals surface area contributed by atoms with E-state index >= 15 is 0 Å². The number of thiophene rings is 1. The number of aryl methyl sites for hydroxylation is 1. The maximum Gasteiger partial charge on any atom is 0.339 e. The van der Waals surface area contributed by atoms with Crippen molar-refractivity contribution in [1.29, 1.82) is 0 Å². The molecule has 0 unspecified atom stereocenters. The highest BCUT2D eigenvalue weighted by atomic mass is 32.1. The van der Waals surface area contributed by atoms with Crippen molar-refractivity contribution in [2.24, 2.45) is 0 Å². The average molecular weight is 359 g/mol. The summed E-state index contributed by atoms with van der Waals surface area (Å²) in [5, 5.41) is 12.8. The summed E-state index contributed by atoms with van der Waals surface area (Å²) in [7, 11) is 0. The van der Waals surface area contributed by atoms with Crippen LogP contribution in [-0.2, 0) is 24.1 Å². The summed E-state index contributed by atoms with van der Waals surface area (Å²) in [4.78, 5) is 25.1. The van der Waals surface area contributed by atoms with Crippen molar-refractivity contribution in [3.8, 4) is 5.75 Å². The van der Waals surface area contributed by atoms with Crippen molar-refractivity contribution in [3.63, 3.8) is 0 Å². The van der Waals surface area contributed by atoms with E-state index in [0.717, 1.165) is 47.4 Å². The fraction of sp³-hybridized carbons (Fsp3) is 0.368. The van der Waals surface area contributed by atoms with E-state index in [-0.39, 0.29) is 17.9 Å². The fourth-order valence-electron chi connectivity index (χ4n) is 3.11. The molecule has 2 aromatic rings. The first-order valence-electron chi connectivity index (χ1n) is 8.48. The van der Waals surface area contributed by atoms with Crippen molar-refractivity contribution < 1.29 is 19.4 Å². The molecule has 1 aliphatic rings. The van der Waals surface area contributed by atoms with Gasteiger partial charge in [0.25, 0.3) is 0 Å². The molecule has 0 spiro atoms. The minimum Gasteiger partial charge on any atom is -0.494 e. The normalized spacial score (nSPS) is 13.2. The van der Waals surface area contributed by atoms with Crippen LogP contribution in [0.2, 0.25) is 0 Å². The monoisotopic (exact) mass is 359 g/mol. The largest absolute Gasteiger partial charge is 0.494 e. The number of carbonyl (C=O) groups is 2. The number of hydrogen-bond donors (Lipinski definition) is 2. The van der Waals surface area contributed by atoms with Crippen LogP contribution in [0.25, 0.3) is 0 Å². The van der Waals surface area contributed by atoms with Gasteiger partial charge in [0.05, 0.1) is 18.6 Å². The molecule has 3 rings (SSSR count). The molecule has 0 saturated heterocycles. The summed E-state index contributed by atoms with van der Waals surface area (Å²) in [5.74, 6) is -0.397. The fourth-order valence-corrected chi connectivity index (χ4v) is 4.40. The van der Waals surface area contributed by atoms with Gasteiger partial charge >= 0.3 is 5.97 Å². The Kier molecular flexibility index (Phi) is 5.38. The van der Waals surface area contributed by atoms with E-state index in [0.29, 0.717) is 11.6 Å². The van der Waals surface area contributed by atoms with E-state index in [9.17, 15) is 14.7 Å². The Labute approximate surface area is 150 Å². The smallest absolute Gasteiger partial charge is 0.339 e. The molecule has 132 valence electrons. The van der Waals surface area contributed by atoms with Crippen molar-refractivity contribution in [2.75, 3.05) is 11.9 Å². The first-order chi connectivity index (χ1) is 12.1. The van der Waals surface area contributed by atoms with Gasteiger partial charge in [-0.15, -0.1) is 11.3 Å². The van der Waals surface area contributed by atoms with E-state index < -0.39 is 5.97 Å². The lowest BCUT2D eigenvalue weighted by molar-refractivity contribution is -0.115. The quantitative estimate of drug-likeness (QED) is 0.820. The summed E-state index contributed by atoms with van der Waals surface area (Å²) < 4.78 is 5.39. The summed E-state index contributed by atoms with van der Waals surface area (Å²) in [6.45, 7) is 2.52. The van der Waals surface area contributed by atoms with E-state index in [4.69, 9.17) is 4.74 Å². The number of ether oxygens (including phenoxy) is 1. The third kappa shape index (κ3) is 4.02. The lowest BCUT2D eigenvalue weighted by Gasteiger charge is -2.10. The van der Waals surface area contributed by atoms with Gasteiger partial charge < -0.3 is 15.2 Å². The van der Waals surface area contributed by atoms with Crippen LogP contribution >= 0.6 is 11.3 Å². The second kappa shape index (κ2) is 7.70. The number of rotatable bonds is 6. The molecule has 0 saturated carbocycles. The standard InChI is InChI=1S/C19H21NO4S/c1-2-24-13-9-7-12(8-10-13)11-16(21)20-18-17(19(22)23)14-5-3-4-6-15(14)25-18/h7-10H,2-6,11H2,1H3,(H,20,21)(H,22,23). The number of amides is 1. The number of carboxylic acids is 1. The van der Waals surface area contributed by atoms with Crippen molar-refractivity contribution in [3.05, 3.63) is 45.8 Å². The maximum atomic E-state index is 12.4. The number of benzene rings is 1. The van der Waals surface area contributed by atoms with E-state index in [2.05, 4.69) is 5.32 Å². The van der Waals surface area contributed by atoms with E-state index in [1.54, 1.807) is 0 Å². The third-order valence-corrected chi connectivity index (χ3v) is 5.44. The topological polar surface area (TPSA) is 75.6 Å². The molecule has 0 radical (unpaired) electrons. The first-order valence-corrected chi connectivity index (χ1v) is 9.29. The third-order valence-electron chi connectivity index (χ3n) is 4.24. The minimum absolute atomic E-state index is 0.202. The predicted octanol–water partition coefficient (Wildman–Crippen LogP) is 3.91. The molecular weight excluding hydrogens is 338 g/mol. The molecule has 25 heavy (non-hydrogen) atoms. The molecule has 1 aromatic heterocycles. The first kappa shape index (κ1) is 17.5. The molecule has 1 aromatic carbocycles. The Bertz CT molecular complexity index is 779. The summed E-state index contributed by atoms with van der Waals surface area (Å²) >= 11 is 1.41. The number of nitrogens with one attached hydrogen (secondary N) is 1. The summed E-state index contributed by atoms with van der Waals surface area (Å²) in [6.07, 6.45) is 3.96. The molecule has 0 aliphatic heterocycles. The van der Waals surface area contributed by atoms with Crippen LogP contribution < -0.4 is 10.1 Å². The van der Waals surface area contributed by atoms with Crippen molar-refractivity contribution >= 4 is 28.2 Å². The molecule has 0 fully saturated rings. The number of aromatic carboxylic acids is 1. The number of carbonyl (C=O) groups excluding carboxylic acids is 1. The van der Waals surface area contributed by atoms with Crippen molar-refractivity contribution in [1.82, 2.24) is 0 Å².